The number of amides is 2. The third kappa shape index (κ3) is 1.95. The number of anilines is 1. The van der Waals surface area contributed by atoms with Gasteiger partial charge in [0.15, 0.2) is 0 Å². The van der Waals surface area contributed by atoms with E-state index in [2.05, 4.69) is 5.32 Å². The Morgan fingerprint density at radius 3 is 3.06 bits per heavy atom. The van der Waals surface area contributed by atoms with Gasteiger partial charge in [0.05, 0.1) is 0 Å². The van der Waals surface area contributed by atoms with Crippen molar-refractivity contribution in [3.63, 3.8) is 0 Å². The van der Waals surface area contributed by atoms with Crippen LogP contribution in [0, 0.1) is 5.82 Å². The number of urea groups is 1. The molecule has 0 aromatic heterocycles. The van der Waals surface area contributed by atoms with Gasteiger partial charge in [0, 0.05) is 37.9 Å². The third-order valence-electron chi connectivity index (χ3n) is 3.63. The first kappa shape index (κ1) is 11.5. The van der Waals surface area contributed by atoms with Crippen LogP contribution in [0.15, 0.2) is 24.3 Å². The molecule has 3 rings (SSSR count). The number of carbonyl (C=O) groups is 1. The topological polar surface area (TPSA) is 35.6 Å². The van der Waals surface area contributed by atoms with E-state index in [0.717, 1.165) is 26.1 Å². The highest BCUT2D eigenvalue weighted by molar-refractivity contribution is 5.93. The molecule has 2 amide bonds. The van der Waals surface area contributed by atoms with E-state index in [-0.39, 0.29) is 17.9 Å². The minimum Gasteiger partial charge on any atom is -0.319 e. The zero-order valence-corrected chi connectivity index (χ0v) is 10.1. The Kier molecular flexibility index (Phi) is 2.91. The predicted octanol–water partition coefficient (Wildman–Crippen LogP) is 1.43. The molecule has 18 heavy (non-hydrogen) atoms. The largest absolute Gasteiger partial charge is 0.324 e. The minimum atomic E-state index is -0.303. The molecule has 0 bridgehead atoms. The highest BCUT2D eigenvalue weighted by Crippen LogP contribution is 2.24. The summed E-state index contributed by atoms with van der Waals surface area (Å²) in [6.45, 7) is 3.09. The maximum Gasteiger partial charge on any atom is 0.324 e. The van der Waals surface area contributed by atoms with E-state index in [0.29, 0.717) is 12.2 Å². The molecule has 2 aliphatic heterocycles. The van der Waals surface area contributed by atoms with Gasteiger partial charge >= 0.3 is 6.03 Å². The lowest BCUT2D eigenvalue weighted by molar-refractivity contribution is 0.147. The second-order valence-corrected chi connectivity index (χ2v) is 4.75. The highest BCUT2D eigenvalue weighted by Gasteiger charge is 2.35. The number of carbonyl (C=O) groups excluding carboxylic acids is 1. The minimum absolute atomic E-state index is 0.00153. The Bertz CT molecular complexity index is 465. The summed E-state index contributed by atoms with van der Waals surface area (Å²) in [5.41, 5.74) is 0.650. The van der Waals surface area contributed by atoms with Gasteiger partial charge in [0.2, 0.25) is 0 Å². The van der Waals surface area contributed by atoms with Gasteiger partial charge in [-0.05, 0) is 24.6 Å². The fourth-order valence-electron chi connectivity index (χ4n) is 2.68. The monoisotopic (exact) mass is 249 g/mol. The Morgan fingerprint density at radius 1 is 1.33 bits per heavy atom. The molecule has 1 unspecified atom stereocenters. The van der Waals surface area contributed by atoms with Crippen molar-refractivity contribution < 1.29 is 9.18 Å². The number of hydrogen-bond acceptors (Lipinski definition) is 2. The van der Waals surface area contributed by atoms with E-state index in [1.165, 1.54) is 12.1 Å². The standard InChI is InChI=1S/C13H16FN3O/c14-10-2-1-3-11(8-10)16-6-4-12-9-15-5-7-17(12)13(16)18/h1-3,8,12,15H,4-7,9H2. The molecule has 2 heterocycles. The molecule has 1 N–H and O–H groups in total. The predicted molar refractivity (Wildman–Crippen MR) is 67.1 cm³/mol. The molecular weight excluding hydrogens is 233 g/mol. The fourth-order valence-corrected chi connectivity index (χ4v) is 2.68. The number of halogens is 1. The van der Waals surface area contributed by atoms with Crippen LogP contribution in [-0.4, -0.2) is 43.2 Å². The Labute approximate surface area is 105 Å². The van der Waals surface area contributed by atoms with E-state index in [4.69, 9.17) is 0 Å². The van der Waals surface area contributed by atoms with Crippen LogP contribution < -0.4 is 10.2 Å². The van der Waals surface area contributed by atoms with Crippen LogP contribution in [-0.2, 0) is 0 Å². The van der Waals surface area contributed by atoms with Crippen LogP contribution in [0.1, 0.15) is 6.42 Å². The van der Waals surface area contributed by atoms with Gasteiger partial charge in [0.1, 0.15) is 5.82 Å². The molecule has 1 atom stereocenters. The molecule has 0 saturated carbocycles. The lowest BCUT2D eigenvalue weighted by Crippen LogP contribution is -2.61. The normalized spacial score (nSPS) is 24.1. The average molecular weight is 249 g/mol. The van der Waals surface area contributed by atoms with Crippen molar-refractivity contribution in [2.45, 2.75) is 12.5 Å². The summed E-state index contributed by atoms with van der Waals surface area (Å²) in [6, 6.07) is 6.52. The number of piperazine rings is 1. The Morgan fingerprint density at radius 2 is 2.22 bits per heavy atom. The van der Waals surface area contributed by atoms with Gasteiger partial charge in [-0.15, -0.1) is 0 Å². The van der Waals surface area contributed by atoms with Gasteiger partial charge in [0.25, 0.3) is 0 Å². The van der Waals surface area contributed by atoms with Crippen molar-refractivity contribution in [2.24, 2.45) is 0 Å². The average Bonchev–Trinajstić information content (AvgIpc) is 2.39. The molecule has 2 fully saturated rings. The quantitative estimate of drug-likeness (QED) is 0.817. The van der Waals surface area contributed by atoms with Gasteiger partial charge in [-0.25, -0.2) is 9.18 Å². The van der Waals surface area contributed by atoms with Crippen LogP contribution in [0.4, 0.5) is 14.9 Å². The molecule has 5 heteroatoms. The maximum atomic E-state index is 13.2. The van der Waals surface area contributed by atoms with E-state index in [9.17, 15) is 9.18 Å². The van der Waals surface area contributed by atoms with E-state index in [1.54, 1.807) is 17.0 Å². The fraction of sp³-hybridized carbons (Fsp3) is 0.462. The van der Waals surface area contributed by atoms with Crippen molar-refractivity contribution in [1.29, 1.82) is 0 Å². The van der Waals surface area contributed by atoms with Gasteiger partial charge in [-0.3, -0.25) is 4.90 Å². The molecule has 1 aromatic carbocycles. The smallest absolute Gasteiger partial charge is 0.319 e. The van der Waals surface area contributed by atoms with Crippen molar-refractivity contribution in [3.8, 4) is 0 Å². The molecule has 2 aliphatic rings. The summed E-state index contributed by atoms with van der Waals surface area (Å²) in [7, 11) is 0. The lowest BCUT2D eigenvalue weighted by Gasteiger charge is -2.44. The van der Waals surface area contributed by atoms with Crippen LogP contribution in [0.3, 0.4) is 0 Å². The first-order valence-corrected chi connectivity index (χ1v) is 6.30. The zero-order chi connectivity index (χ0) is 12.5. The number of fused-ring (bicyclic) bond motifs is 1. The second-order valence-electron chi connectivity index (χ2n) is 4.75. The van der Waals surface area contributed by atoms with Gasteiger partial charge in [-0.1, -0.05) is 6.07 Å². The van der Waals surface area contributed by atoms with E-state index in [1.807, 2.05) is 4.90 Å². The SMILES string of the molecule is O=C1N(c2cccc(F)c2)CCC2CNCCN12. The molecule has 4 nitrogen and oxygen atoms in total. The van der Waals surface area contributed by atoms with Crippen LogP contribution >= 0.6 is 0 Å². The molecule has 2 saturated heterocycles. The number of rotatable bonds is 1. The van der Waals surface area contributed by atoms with Crippen LogP contribution in [0.5, 0.6) is 0 Å². The van der Waals surface area contributed by atoms with Crippen molar-refractivity contribution in [2.75, 3.05) is 31.1 Å². The number of nitrogens with one attached hydrogen (secondary N) is 1. The second kappa shape index (κ2) is 4.57. The van der Waals surface area contributed by atoms with E-state index >= 15 is 0 Å². The first-order valence-electron chi connectivity index (χ1n) is 6.30. The Balaban J connectivity index is 1.84. The maximum absolute atomic E-state index is 13.2. The molecule has 0 aliphatic carbocycles. The summed E-state index contributed by atoms with van der Waals surface area (Å²) in [6.07, 6.45) is 0.926. The lowest BCUT2D eigenvalue weighted by atomic mass is 10.1. The van der Waals surface area contributed by atoms with E-state index < -0.39 is 0 Å². The van der Waals surface area contributed by atoms with Crippen LogP contribution in [0.25, 0.3) is 0 Å². The van der Waals surface area contributed by atoms with Crippen molar-refractivity contribution in [3.05, 3.63) is 30.1 Å². The highest BCUT2D eigenvalue weighted by atomic mass is 19.1. The summed E-state index contributed by atoms with van der Waals surface area (Å²) >= 11 is 0. The number of hydrogen-bond donors (Lipinski definition) is 1. The summed E-state index contributed by atoms with van der Waals surface area (Å²) in [5.74, 6) is -0.303. The number of nitrogens with zero attached hydrogens (tertiary/aromatic N) is 2. The van der Waals surface area contributed by atoms with Crippen LogP contribution in [0.2, 0.25) is 0 Å². The van der Waals surface area contributed by atoms with Gasteiger partial charge in [-0.2, -0.15) is 0 Å². The first-order chi connectivity index (χ1) is 8.75. The number of benzene rings is 1. The van der Waals surface area contributed by atoms with Crippen molar-refractivity contribution in [1.82, 2.24) is 10.2 Å². The molecule has 1 aromatic rings. The Hall–Kier alpha value is -1.62. The van der Waals surface area contributed by atoms with Crippen molar-refractivity contribution >= 4 is 11.7 Å². The third-order valence-corrected chi connectivity index (χ3v) is 3.63. The summed E-state index contributed by atoms with van der Waals surface area (Å²) in [5, 5.41) is 3.30. The molecule has 0 spiro atoms. The molecule has 0 radical (unpaired) electrons. The summed E-state index contributed by atoms with van der Waals surface area (Å²) in [4.78, 5) is 15.9. The molecular formula is C13H16FN3O. The summed E-state index contributed by atoms with van der Waals surface area (Å²) < 4.78 is 13.2. The zero-order valence-electron chi connectivity index (χ0n) is 10.1. The molecule has 96 valence electrons. The van der Waals surface area contributed by atoms with Gasteiger partial charge < -0.3 is 10.2 Å².